The lowest BCUT2D eigenvalue weighted by atomic mass is 9.68. The van der Waals surface area contributed by atoms with Crippen LogP contribution in [0.4, 0.5) is 0 Å². The van der Waals surface area contributed by atoms with E-state index in [4.69, 9.17) is 0 Å². The van der Waals surface area contributed by atoms with Crippen LogP contribution in [0.1, 0.15) is 25.7 Å². The first-order chi connectivity index (χ1) is 7.62. The van der Waals surface area contributed by atoms with Gasteiger partial charge >= 0.3 is 5.97 Å². The van der Waals surface area contributed by atoms with Crippen molar-refractivity contribution in [2.75, 3.05) is 20.1 Å². The Morgan fingerprint density at radius 2 is 2.00 bits per heavy atom. The second kappa shape index (κ2) is 3.44. The summed E-state index contributed by atoms with van der Waals surface area (Å²) >= 11 is 0. The zero-order valence-electron chi connectivity index (χ0n) is 9.78. The van der Waals surface area contributed by atoms with Crippen molar-refractivity contribution in [1.29, 1.82) is 0 Å². The average Bonchev–Trinajstić information content (AvgIpc) is 2.69. The topological polar surface area (TPSA) is 52.6 Å². The summed E-state index contributed by atoms with van der Waals surface area (Å²) in [5.74, 6) is -0.766. The molecule has 0 aromatic carbocycles. The lowest BCUT2D eigenvalue weighted by Gasteiger charge is -2.45. The maximum absolute atomic E-state index is 11.3. The molecule has 3 atom stereocenters. The minimum absolute atomic E-state index is 0.0458. The number of carbonyl (C=O) groups is 1. The molecule has 3 unspecified atom stereocenters. The quantitative estimate of drug-likeness (QED) is 0.682. The molecular weight excluding hydrogens is 204 g/mol. The van der Waals surface area contributed by atoms with Crippen LogP contribution in [-0.2, 0) is 4.79 Å². The van der Waals surface area contributed by atoms with Crippen molar-refractivity contribution < 1.29 is 9.90 Å². The first kappa shape index (κ1) is 10.5. The van der Waals surface area contributed by atoms with Gasteiger partial charge in [-0.2, -0.15) is 0 Å². The minimum Gasteiger partial charge on any atom is -0.481 e. The molecular formula is C12H20N2O2. The van der Waals surface area contributed by atoms with E-state index < -0.39 is 5.97 Å². The Labute approximate surface area is 96.0 Å². The van der Waals surface area contributed by atoms with Crippen LogP contribution < -0.4 is 5.32 Å². The van der Waals surface area contributed by atoms with Crippen molar-refractivity contribution in [1.82, 2.24) is 10.2 Å². The van der Waals surface area contributed by atoms with E-state index in [0.29, 0.717) is 18.6 Å². The molecule has 0 amide bonds. The summed E-state index contributed by atoms with van der Waals surface area (Å²) < 4.78 is 0. The molecule has 3 aliphatic rings. The molecule has 4 heteroatoms. The Kier molecular flexibility index (Phi) is 2.27. The largest absolute Gasteiger partial charge is 0.481 e. The normalized spacial score (nSPS) is 47.7. The van der Waals surface area contributed by atoms with E-state index in [1.165, 1.54) is 12.8 Å². The lowest BCUT2D eigenvalue weighted by molar-refractivity contribution is -0.146. The average molecular weight is 224 g/mol. The zero-order valence-corrected chi connectivity index (χ0v) is 9.78. The Hall–Kier alpha value is -0.610. The number of carboxylic acids is 1. The number of fused-ring (bicyclic) bond motifs is 2. The molecule has 0 aromatic rings. The third kappa shape index (κ3) is 1.32. The molecule has 90 valence electrons. The number of carboxylic acid groups (broad SMARTS) is 1. The van der Waals surface area contributed by atoms with E-state index in [2.05, 4.69) is 17.3 Å². The van der Waals surface area contributed by atoms with Crippen LogP contribution >= 0.6 is 0 Å². The number of hydrogen-bond acceptors (Lipinski definition) is 3. The zero-order chi connectivity index (χ0) is 11.3. The molecule has 16 heavy (non-hydrogen) atoms. The summed E-state index contributed by atoms with van der Waals surface area (Å²) in [7, 11) is 2.20. The number of rotatable bonds is 1. The lowest BCUT2D eigenvalue weighted by Crippen LogP contribution is -2.50. The standard InChI is InChI=1S/C12H20N2O2/c1-14-8-2-3-9(14)5-12(4-8)7-13-6-10(12)11(15)16/h8-10,13H,2-7H2,1H3,(H,15,16). The number of nitrogens with zero attached hydrogens (tertiary/aromatic N) is 1. The second-order valence-electron chi connectivity index (χ2n) is 5.84. The molecule has 1 spiro atoms. The third-order valence-corrected chi connectivity index (χ3v) is 5.13. The first-order valence-corrected chi connectivity index (χ1v) is 6.28. The Morgan fingerprint density at radius 1 is 1.38 bits per heavy atom. The molecule has 0 radical (unpaired) electrons. The summed E-state index contributed by atoms with van der Waals surface area (Å²) in [6, 6.07) is 1.25. The van der Waals surface area contributed by atoms with Crippen LogP contribution in [0.2, 0.25) is 0 Å². The highest BCUT2D eigenvalue weighted by Gasteiger charge is 2.54. The van der Waals surface area contributed by atoms with Gasteiger partial charge in [-0.1, -0.05) is 0 Å². The van der Waals surface area contributed by atoms with E-state index >= 15 is 0 Å². The summed E-state index contributed by atoms with van der Waals surface area (Å²) in [6.45, 7) is 1.57. The molecule has 0 aromatic heterocycles. The van der Waals surface area contributed by atoms with Crippen LogP contribution in [0, 0.1) is 11.3 Å². The molecule has 2 N–H and O–H groups in total. The van der Waals surface area contributed by atoms with Gasteiger partial charge in [0, 0.05) is 30.6 Å². The van der Waals surface area contributed by atoms with Gasteiger partial charge in [-0.05, 0) is 32.7 Å². The van der Waals surface area contributed by atoms with Gasteiger partial charge in [-0.25, -0.2) is 0 Å². The smallest absolute Gasteiger partial charge is 0.308 e. The highest BCUT2D eigenvalue weighted by atomic mass is 16.4. The van der Waals surface area contributed by atoms with Crippen LogP contribution in [0.5, 0.6) is 0 Å². The molecule has 4 nitrogen and oxygen atoms in total. The van der Waals surface area contributed by atoms with Gasteiger partial charge in [0.15, 0.2) is 0 Å². The fourth-order valence-corrected chi connectivity index (χ4v) is 4.19. The number of aliphatic carboxylic acids is 1. The number of nitrogens with one attached hydrogen (secondary N) is 1. The second-order valence-corrected chi connectivity index (χ2v) is 5.84. The van der Waals surface area contributed by atoms with E-state index in [9.17, 15) is 9.90 Å². The Bertz CT molecular complexity index is 304. The molecule has 3 heterocycles. The van der Waals surface area contributed by atoms with Gasteiger partial charge in [0.05, 0.1) is 5.92 Å². The van der Waals surface area contributed by atoms with Crippen molar-refractivity contribution in [3.05, 3.63) is 0 Å². The predicted octanol–water partition coefficient (Wildman–Crippen LogP) is 0.533. The molecule has 0 saturated carbocycles. The van der Waals surface area contributed by atoms with Crippen LogP contribution in [-0.4, -0.2) is 48.2 Å². The van der Waals surface area contributed by atoms with Gasteiger partial charge in [0.1, 0.15) is 0 Å². The van der Waals surface area contributed by atoms with Crippen LogP contribution in [0.3, 0.4) is 0 Å². The fourth-order valence-electron chi connectivity index (χ4n) is 4.19. The van der Waals surface area contributed by atoms with Crippen molar-refractivity contribution in [2.24, 2.45) is 11.3 Å². The summed E-state index contributed by atoms with van der Waals surface area (Å²) in [6.07, 6.45) is 4.67. The summed E-state index contributed by atoms with van der Waals surface area (Å²) in [5, 5.41) is 12.6. The van der Waals surface area contributed by atoms with Crippen molar-refractivity contribution in [3.63, 3.8) is 0 Å². The SMILES string of the molecule is CN1C2CCC1CC1(CNCC1C(=O)O)C2. The van der Waals surface area contributed by atoms with Gasteiger partial charge < -0.3 is 15.3 Å². The number of piperidine rings is 1. The van der Waals surface area contributed by atoms with Crippen molar-refractivity contribution >= 4 is 5.97 Å². The van der Waals surface area contributed by atoms with E-state index in [0.717, 1.165) is 19.4 Å². The molecule has 0 aliphatic carbocycles. The van der Waals surface area contributed by atoms with Gasteiger partial charge in [-0.15, -0.1) is 0 Å². The third-order valence-electron chi connectivity index (χ3n) is 5.13. The first-order valence-electron chi connectivity index (χ1n) is 6.28. The van der Waals surface area contributed by atoms with Gasteiger partial charge in [-0.3, -0.25) is 4.79 Å². The molecule has 3 fully saturated rings. The molecule has 3 aliphatic heterocycles. The Balaban J connectivity index is 1.87. The molecule has 2 bridgehead atoms. The van der Waals surface area contributed by atoms with E-state index in [-0.39, 0.29) is 11.3 Å². The van der Waals surface area contributed by atoms with Gasteiger partial charge in [0.25, 0.3) is 0 Å². The van der Waals surface area contributed by atoms with Crippen LogP contribution in [0.25, 0.3) is 0 Å². The Morgan fingerprint density at radius 3 is 2.56 bits per heavy atom. The monoisotopic (exact) mass is 224 g/mol. The van der Waals surface area contributed by atoms with Crippen molar-refractivity contribution in [2.45, 2.75) is 37.8 Å². The predicted molar refractivity (Wildman–Crippen MR) is 60.2 cm³/mol. The van der Waals surface area contributed by atoms with Crippen molar-refractivity contribution in [3.8, 4) is 0 Å². The maximum Gasteiger partial charge on any atom is 0.308 e. The fraction of sp³-hybridized carbons (Fsp3) is 0.917. The highest BCUT2D eigenvalue weighted by molar-refractivity contribution is 5.72. The maximum atomic E-state index is 11.3. The van der Waals surface area contributed by atoms with Crippen LogP contribution in [0.15, 0.2) is 0 Å². The van der Waals surface area contributed by atoms with E-state index in [1.54, 1.807) is 0 Å². The highest BCUT2D eigenvalue weighted by Crippen LogP contribution is 2.50. The minimum atomic E-state index is -0.603. The molecule has 3 rings (SSSR count). The van der Waals surface area contributed by atoms with E-state index in [1.807, 2.05) is 0 Å². The van der Waals surface area contributed by atoms with Gasteiger partial charge in [0.2, 0.25) is 0 Å². The molecule has 3 saturated heterocycles. The number of hydrogen-bond donors (Lipinski definition) is 2. The summed E-state index contributed by atoms with van der Waals surface area (Å²) in [4.78, 5) is 13.8. The summed E-state index contributed by atoms with van der Waals surface area (Å²) in [5.41, 5.74) is 0.0458.